The lowest BCUT2D eigenvalue weighted by Crippen LogP contribution is -2.52. The molecule has 128 valence electrons. The standard InChI is InChI=1S/C20H31NO2/c1-3-20(11-5-6-13-21(20)4-2)12-15-22-18-9-10-19-17(16-18)8-7-14-23-19/h9-10,16H,3-8,11-15H2,1-2H3. The number of likely N-dealkylation sites (tertiary alicyclic amines) is 1. The maximum atomic E-state index is 6.11. The molecular weight excluding hydrogens is 286 g/mol. The van der Waals surface area contributed by atoms with Crippen LogP contribution >= 0.6 is 0 Å². The minimum absolute atomic E-state index is 0.352. The first-order chi connectivity index (χ1) is 11.3. The monoisotopic (exact) mass is 317 g/mol. The van der Waals surface area contributed by atoms with Crippen molar-refractivity contribution in [3.63, 3.8) is 0 Å². The van der Waals surface area contributed by atoms with E-state index in [9.17, 15) is 0 Å². The first-order valence-electron chi connectivity index (χ1n) is 9.41. The number of benzene rings is 1. The number of aryl methyl sites for hydroxylation is 1. The van der Waals surface area contributed by atoms with E-state index in [2.05, 4.69) is 36.9 Å². The van der Waals surface area contributed by atoms with Gasteiger partial charge in [0, 0.05) is 5.54 Å². The quantitative estimate of drug-likeness (QED) is 0.774. The van der Waals surface area contributed by atoms with E-state index in [0.29, 0.717) is 5.54 Å². The minimum Gasteiger partial charge on any atom is -0.494 e. The van der Waals surface area contributed by atoms with Gasteiger partial charge in [-0.15, -0.1) is 0 Å². The number of ether oxygens (including phenoxy) is 2. The number of hydrogen-bond acceptors (Lipinski definition) is 3. The van der Waals surface area contributed by atoms with Crippen LogP contribution in [0.15, 0.2) is 18.2 Å². The van der Waals surface area contributed by atoms with E-state index in [1.807, 2.05) is 0 Å². The van der Waals surface area contributed by atoms with Crippen LogP contribution in [0.25, 0.3) is 0 Å². The average molecular weight is 317 g/mol. The Morgan fingerprint density at radius 3 is 2.96 bits per heavy atom. The zero-order valence-electron chi connectivity index (χ0n) is 14.8. The zero-order chi connectivity index (χ0) is 16.1. The second-order valence-electron chi connectivity index (χ2n) is 6.93. The molecular formula is C20H31NO2. The van der Waals surface area contributed by atoms with E-state index in [4.69, 9.17) is 9.47 Å². The number of nitrogens with zero attached hydrogens (tertiary/aromatic N) is 1. The lowest BCUT2D eigenvalue weighted by atomic mass is 9.81. The maximum absolute atomic E-state index is 6.11. The van der Waals surface area contributed by atoms with Crippen molar-refractivity contribution in [2.24, 2.45) is 0 Å². The Bertz CT molecular complexity index is 516. The summed E-state index contributed by atoms with van der Waals surface area (Å²) in [6, 6.07) is 6.30. The van der Waals surface area contributed by atoms with E-state index in [-0.39, 0.29) is 0 Å². The van der Waals surface area contributed by atoms with Crippen molar-refractivity contribution in [3.05, 3.63) is 23.8 Å². The van der Waals surface area contributed by atoms with Gasteiger partial charge < -0.3 is 9.47 Å². The van der Waals surface area contributed by atoms with Crippen LogP contribution in [0.2, 0.25) is 0 Å². The molecule has 0 bridgehead atoms. The van der Waals surface area contributed by atoms with Crippen LogP contribution in [-0.2, 0) is 6.42 Å². The third kappa shape index (κ3) is 3.65. The Morgan fingerprint density at radius 1 is 1.22 bits per heavy atom. The van der Waals surface area contributed by atoms with Crippen molar-refractivity contribution < 1.29 is 9.47 Å². The minimum atomic E-state index is 0.352. The van der Waals surface area contributed by atoms with E-state index in [0.717, 1.165) is 50.5 Å². The SMILES string of the molecule is CCN1CCCCC1(CC)CCOc1ccc2c(c1)CCCO2. The Kier molecular flexibility index (Phi) is 5.47. The highest BCUT2D eigenvalue weighted by atomic mass is 16.5. The number of fused-ring (bicyclic) bond motifs is 1. The third-order valence-corrected chi connectivity index (χ3v) is 5.75. The first kappa shape index (κ1) is 16.6. The van der Waals surface area contributed by atoms with Gasteiger partial charge in [-0.25, -0.2) is 0 Å². The largest absolute Gasteiger partial charge is 0.494 e. The normalized spacial score (nSPS) is 24.8. The van der Waals surface area contributed by atoms with Crippen LogP contribution in [0.4, 0.5) is 0 Å². The van der Waals surface area contributed by atoms with Crippen molar-refractivity contribution in [2.75, 3.05) is 26.3 Å². The molecule has 1 unspecified atom stereocenters. The molecule has 2 aliphatic heterocycles. The van der Waals surface area contributed by atoms with Crippen LogP contribution < -0.4 is 9.47 Å². The van der Waals surface area contributed by atoms with Gasteiger partial charge in [0.15, 0.2) is 0 Å². The maximum Gasteiger partial charge on any atom is 0.122 e. The number of hydrogen-bond donors (Lipinski definition) is 0. The summed E-state index contributed by atoms with van der Waals surface area (Å²) in [6.45, 7) is 8.69. The van der Waals surface area contributed by atoms with Gasteiger partial charge in [-0.2, -0.15) is 0 Å². The molecule has 1 aromatic carbocycles. The molecule has 3 rings (SSSR count). The molecule has 0 amide bonds. The highest BCUT2D eigenvalue weighted by molar-refractivity contribution is 5.41. The summed E-state index contributed by atoms with van der Waals surface area (Å²) >= 11 is 0. The highest BCUT2D eigenvalue weighted by Gasteiger charge is 2.35. The lowest BCUT2D eigenvalue weighted by Gasteiger charge is -2.47. The van der Waals surface area contributed by atoms with Crippen LogP contribution in [0, 0.1) is 0 Å². The van der Waals surface area contributed by atoms with Gasteiger partial charge in [0.05, 0.1) is 13.2 Å². The summed E-state index contributed by atoms with van der Waals surface area (Å²) in [4.78, 5) is 2.68. The molecule has 3 nitrogen and oxygen atoms in total. The molecule has 0 spiro atoms. The molecule has 3 heteroatoms. The summed E-state index contributed by atoms with van der Waals surface area (Å²) in [7, 11) is 0. The van der Waals surface area contributed by atoms with Gasteiger partial charge in [-0.1, -0.05) is 20.3 Å². The van der Waals surface area contributed by atoms with Crippen molar-refractivity contribution in [1.29, 1.82) is 0 Å². The lowest BCUT2D eigenvalue weighted by molar-refractivity contribution is 0.0287. The molecule has 2 aliphatic rings. The Labute approximate surface area is 141 Å². The van der Waals surface area contributed by atoms with Crippen LogP contribution in [-0.4, -0.2) is 36.7 Å². The average Bonchev–Trinajstić information content (AvgIpc) is 2.62. The van der Waals surface area contributed by atoms with Gasteiger partial charge in [0.2, 0.25) is 0 Å². The molecule has 0 aliphatic carbocycles. The van der Waals surface area contributed by atoms with Crippen molar-refractivity contribution in [3.8, 4) is 11.5 Å². The molecule has 1 fully saturated rings. The van der Waals surface area contributed by atoms with Gasteiger partial charge in [0.1, 0.15) is 11.5 Å². The summed E-state index contributed by atoms with van der Waals surface area (Å²) in [6.07, 6.45) is 8.60. The highest BCUT2D eigenvalue weighted by Crippen LogP contribution is 2.34. The second kappa shape index (κ2) is 7.57. The van der Waals surface area contributed by atoms with Crippen LogP contribution in [0.1, 0.15) is 57.9 Å². The molecule has 2 heterocycles. The topological polar surface area (TPSA) is 21.7 Å². The second-order valence-corrected chi connectivity index (χ2v) is 6.93. The Morgan fingerprint density at radius 2 is 2.13 bits per heavy atom. The van der Waals surface area contributed by atoms with Gasteiger partial charge in [-0.05, 0) is 75.4 Å². The summed E-state index contributed by atoms with van der Waals surface area (Å²) in [5.74, 6) is 2.04. The van der Waals surface area contributed by atoms with E-state index in [1.165, 1.54) is 37.8 Å². The van der Waals surface area contributed by atoms with E-state index >= 15 is 0 Å². The smallest absolute Gasteiger partial charge is 0.122 e. The van der Waals surface area contributed by atoms with Crippen LogP contribution in [0.3, 0.4) is 0 Å². The Balaban J connectivity index is 1.59. The van der Waals surface area contributed by atoms with Crippen molar-refractivity contribution >= 4 is 0 Å². The van der Waals surface area contributed by atoms with Gasteiger partial charge in [-0.3, -0.25) is 4.90 Å². The number of piperidine rings is 1. The zero-order valence-corrected chi connectivity index (χ0v) is 14.8. The molecule has 1 atom stereocenters. The third-order valence-electron chi connectivity index (χ3n) is 5.75. The molecule has 0 aromatic heterocycles. The van der Waals surface area contributed by atoms with Crippen molar-refractivity contribution in [2.45, 2.75) is 64.3 Å². The van der Waals surface area contributed by atoms with E-state index < -0.39 is 0 Å². The molecule has 1 aromatic rings. The number of rotatable bonds is 6. The fourth-order valence-corrected chi connectivity index (χ4v) is 4.29. The predicted molar refractivity (Wildman–Crippen MR) is 94.5 cm³/mol. The molecule has 0 saturated carbocycles. The van der Waals surface area contributed by atoms with Crippen LogP contribution in [0.5, 0.6) is 11.5 Å². The molecule has 1 saturated heterocycles. The molecule has 23 heavy (non-hydrogen) atoms. The first-order valence-corrected chi connectivity index (χ1v) is 9.41. The Hall–Kier alpha value is -1.22. The predicted octanol–water partition coefficient (Wildman–Crippen LogP) is 4.44. The summed E-state index contributed by atoms with van der Waals surface area (Å²) in [5.41, 5.74) is 1.65. The molecule has 0 N–H and O–H groups in total. The summed E-state index contributed by atoms with van der Waals surface area (Å²) < 4.78 is 11.8. The van der Waals surface area contributed by atoms with E-state index in [1.54, 1.807) is 0 Å². The fourth-order valence-electron chi connectivity index (χ4n) is 4.29. The van der Waals surface area contributed by atoms with Gasteiger partial charge in [0.25, 0.3) is 0 Å². The van der Waals surface area contributed by atoms with Crippen molar-refractivity contribution in [1.82, 2.24) is 4.90 Å². The van der Waals surface area contributed by atoms with Gasteiger partial charge >= 0.3 is 0 Å². The summed E-state index contributed by atoms with van der Waals surface area (Å²) in [5, 5.41) is 0. The fraction of sp³-hybridized carbons (Fsp3) is 0.700. The molecule has 0 radical (unpaired) electrons.